The summed E-state index contributed by atoms with van der Waals surface area (Å²) in [6.07, 6.45) is 0. The summed E-state index contributed by atoms with van der Waals surface area (Å²) >= 11 is 1.36. The number of carbonyl (C=O) groups is 1. The minimum atomic E-state index is -0.324. The van der Waals surface area contributed by atoms with Crippen LogP contribution in [0.5, 0.6) is 23.0 Å². The van der Waals surface area contributed by atoms with Crippen LogP contribution in [0.25, 0.3) is 10.2 Å². The van der Waals surface area contributed by atoms with Gasteiger partial charge in [-0.15, -0.1) is 0 Å². The standard InChI is InChI=1S/C17H14N2O5S/c1-21-11-5-3-4-9(15(11)22-2)16(20)19-17-18-10-6-12-13(24-8-23-12)7-14(10)25-17/h3-7H,8H2,1-2H3,(H,18,19,20). The van der Waals surface area contributed by atoms with Crippen LogP contribution < -0.4 is 24.3 Å². The number of rotatable bonds is 4. The molecule has 1 aromatic heterocycles. The highest BCUT2D eigenvalue weighted by Crippen LogP contribution is 2.39. The Morgan fingerprint density at radius 3 is 2.76 bits per heavy atom. The second-order valence-electron chi connectivity index (χ2n) is 5.19. The maximum Gasteiger partial charge on any atom is 0.261 e. The number of amides is 1. The van der Waals surface area contributed by atoms with Crippen molar-refractivity contribution in [3.63, 3.8) is 0 Å². The van der Waals surface area contributed by atoms with E-state index in [4.69, 9.17) is 18.9 Å². The number of para-hydroxylation sites is 1. The molecule has 0 spiro atoms. The Balaban J connectivity index is 1.64. The molecule has 1 N–H and O–H groups in total. The van der Waals surface area contributed by atoms with Gasteiger partial charge in [0.2, 0.25) is 6.79 Å². The van der Waals surface area contributed by atoms with Crippen molar-refractivity contribution >= 4 is 32.6 Å². The number of fused-ring (bicyclic) bond motifs is 2. The molecule has 1 aliphatic heterocycles. The summed E-state index contributed by atoms with van der Waals surface area (Å²) < 4.78 is 22.1. The van der Waals surface area contributed by atoms with Crippen molar-refractivity contribution in [1.29, 1.82) is 0 Å². The average Bonchev–Trinajstić information content (AvgIpc) is 3.23. The number of ether oxygens (including phenoxy) is 4. The number of benzene rings is 2. The minimum absolute atomic E-state index is 0.214. The third-order valence-corrected chi connectivity index (χ3v) is 4.68. The van der Waals surface area contributed by atoms with Crippen LogP contribution in [-0.2, 0) is 0 Å². The Labute approximate surface area is 147 Å². The van der Waals surface area contributed by atoms with Crippen molar-refractivity contribution in [3.8, 4) is 23.0 Å². The van der Waals surface area contributed by atoms with E-state index in [1.165, 1.54) is 25.6 Å². The summed E-state index contributed by atoms with van der Waals surface area (Å²) in [5.41, 5.74) is 1.11. The van der Waals surface area contributed by atoms with Gasteiger partial charge < -0.3 is 18.9 Å². The molecule has 8 heteroatoms. The normalized spacial score (nSPS) is 12.2. The Kier molecular flexibility index (Phi) is 3.81. The molecule has 1 amide bonds. The van der Waals surface area contributed by atoms with Gasteiger partial charge in [0.15, 0.2) is 28.1 Å². The third kappa shape index (κ3) is 2.70. The van der Waals surface area contributed by atoms with Crippen LogP contribution in [0.2, 0.25) is 0 Å². The van der Waals surface area contributed by atoms with Crippen LogP contribution >= 0.6 is 11.3 Å². The van der Waals surface area contributed by atoms with Gasteiger partial charge in [-0.3, -0.25) is 10.1 Å². The molecule has 0 unspecified atom stereocenters. The van der Waals surface area contributed by atoms with Gasteiger partial charge in [-0.05, 0) is 12.1 Å². The van der Waals surface area contributed by atoms with Crippen molar-refractivity contribution in [1.82, 2.24) is 4.98 Å². The van der Waals surface area contributed by atoms with E-state index in [-0.39, 0.29) is 12.7 Å². The van der Waals surface area contributed by atoms with E-state index in [9.17, 15) is 4.79 Å². The van der Waals surface area contributed by atoms with E-state index >= 15 is 0 Å². The fourth-order valence-electron chi connectivity index (χ4n) is 2.60. The van der Waals surface area contributed by atoms with Gasteiger partial charge in [-0.1, -0.05) is 17.4 Å². The SMILES string of the molecule is COc1cccc(C(=O)Nc2nc3cc4c(cc3s2)OCO4)c1OC. The van der Waals surface area contributed by atoms with Gasteiger partial charge in [0, 0.05) is 12.1 Å². The number of nitrogens with zero attached hydrogens (tertiary/aromatic N) is 1. The highest BCUT2D eigenvalue weighted by molar-refractivity contribution is 7.22. The summed E-state index contributed by atoms with van der Waals surface area (Å²) in [5, 5.41) is 3.28. The van der Waals surface area contributed by atoms with Crippen LogP contribution in [0.3, 0.4) is 0 Å². The number of carbonyl (C=O) groups excluding carboxylic acids is 1. The molecule has 0 radical (unpaired) electrons. The largest absolute Gasteiger partial charge is 0.493 e. The topological polar surface area (TPSA) is 78.9 Å². The first-order chi connectivity index (χ1) is 12.2. The molecule has 0 saturated heterocycles. The molecule has 0 bridgehead atoms. The van der Waals surface area contributed by atoms with Crippen LogP contribution in [0.15, 0.2) is 30.3 Å². The highest BCUT2D eigenvalue weighted by atomic mass is 32.1. The molecule has 0 fully saturated rings. The van der Waals surface area contributed by atoms with E-state index in [1.54, 1.807) is 24.3 Å². The third-order valence-electron chi connectivity index (χ3n) is 3.75. The van der Waals surface area contributed by atoms with E-state index < -0.39 is 0 Å². The molecule has 0 aliphatic carbocycles. The molecule has 0 atom stereocenters. The van der Waals surface area contributed by atoms with Crippen molar-refractivity contribution in [2.24, 2.45) is 0 Å². The predicted molar refractivity (Wildman–Crippen MR) is 93.2 cm³/mol. The van der Waals surface area contributed by atoms with Crippen molar-refractivity contribution < 1.29 is 23.7 Å². The lowest BCUT2D eigenvalue weighted by atomic mass is 10.1. The first kappa shape index (κ1) is 15.5. The van der Waals surface area contributed by atoms with Gasteiger partial charge in [0.05, 0.1) is 30.0 Å². The number of methoxy groups -OCH3 is 2. The molecule has 2 heterocycles. The van der Waals surface area contributed by atoms with E-state index in [2.05, 4.69) is 10.3 Å². The van der Waals surface area contributed by atoms with Crippen LogP contribution in [0, 0.1) is 0 Å². The summed E-state index contributed by atoms with van der Waals surface area (Å²) in [6, 6.07) is 8.79. The minimum Gasteiger partial charge on any atom is -0.493 e. The summed E-state index contributed by atoms with van der Waals surface area (Å²) in [4.78, 5) is 17.0. The molecular formula is C17H14N2O5S. The zero-order chi connectivity index (χ0) is 17.4. The van der Waals surface area contributed by atoms with E-state index in [0.29, 0.717) is 33.7 Å². The summed E-state index contributed by atoms with van der Waals surface area (Å²) in [6.45, 7) is 0.214. The Morgan fingerprint density at radius 1 is 1.20 bits per heavy atom. The van der Waals surface area contributed by atoms with Crippen LogP contribution in [-0.4, -0.2) is 31.9 Å². The monoisotopic (exact) mass is 358 g/mol. The quantitative estimate of drug-likeness (QED) is 0.771. The number of hydrogen-bond acceptors (Lipinski definition) is 7. The second kappa shape index (κ2) is 6.14. The highest BCUT2D eigenvalue weighted by Gasteiger charge is 2.20. The summed E-state index contributed by atoms with van der Waals surface area (Å²) in [5.74, 6) is 1.89. The molecule has 0 saturated carbocycles. The molecule has 128 valence electrons. The number of aromatic nitrogens is 1. The first-order valence-electron chi connectivity index (χ1n) is 7.42. The number of nitrogens with one attached hydrogen (secondary N) is 1. The Morgan fingerprint density at radius 2 is 2.00 bits per heavy atom. The smallest absolute Gasteiger partial charge is 0.261 e. The number of thiazole rings is 1. The van der Waals surface area contributed by atoms with Gasteiger partial charge in [0.1, 0.15) is 0 Å². The lowest BCUT2D eigenvalue weighted by Crippen LogP contribution is -2.13. The lowest BCUT2D eigenvalue weighted by molar-refractivity contribution is 0.102. The molecule has 7 nitrogen and oxygen atoms in total. The maximum absolute atomic E-state index is 12.6. The van der Waals surface area contributed by atoms with Crippen molar-refractivity contribution in [2.75, 3.05) is 26.3 Å². The maximum atomic E-state index is 12.6. The number of hydrogen-bond donors (Lipinski definition) is 1. The van der Waals surface area contributed by atoms with E-state index in [0.717, 1.165) is 10.2 Å². The van der Waals surface area contributed by atoms with Crippen molar-refractivity contribution in [2.45, 2.75) is 0 Å². The van der Waals surface area contributed by atoms with Gasteiger partial charge in [0.25, 0.3) is 5.91 Å². The molecular weight excluding hydrogens is 344 g/mol. The lowest BCUT2D eigenvalue weighted by Gasteiger charge is -2.11. The molecule has 1 aliphatic rings. The van der Waals surface area contributed by atoms with Crippen LogP contribution in [0.4, 0.5) is 5.13 Å². The Hall–Kier alpha value is -3.00. The molecule has 4 rings (SSSR count). The predicted octanol–water partition coefficient (Wildman–Crippen LogP) is 3.29. The zero-order valence-corrected chi connectivity index (χ0v) is 14.3. The first-order valence-corrected chi connectivity index (χ1v) is 8.24. The van der Waals surface area contributed by atoms with Gasteiger partial charge in [-0.25, -0.2) is 4.98 Å². The fraction of sp³-hybridized carbons (Fsp3) is 0.176. The van der Waals surface area contributed by atoms with Gasteiger partial charge in [-0.2, -0.15) is 0 Å². The van der Waals surface area contributed by atoms with Crippen molar-refractivity contribution in [3.05, 3.63) is 35.9 Å². The zero-order valence-electron chi connectivity index (χ0n) is 13.5. The molecule has 2 aromatic carbocycles. The summed E-state index contributed by atoms with van der Waals surface area (Å²) in [7, 11) is 3.02. The second-order valence-corrected chi connectivity index (χ2v) is 6.22. The molecule has 25 heavy (non-hydrogen) atoms. The van der Waals surface area contributed by atoms with Crippen LogP contribution in [0.1, 0.15) is 10.4 Å². The Bertz CT molecular complexity index is 928. The van der Waals surface area contributed by atoms with E-state index in [1.807, 2.05) is 6.07 Å². The average molecular weight is 358 g/mol. The molecule has 3 aromatic rings. The van der Waals surface area contributed by atoms with Gasteiger partial charge >= 0.3 is 0 Å². The number of anilines is 1. The fourth-order valence-corrected chi connectivity index (χ4v) is 3.47.